The largest absolute Gasteiger partial charge is 0.481 e. The molecule has 2 N–H and O–H groups in total. The zero-order valence-corrected chi connectivity index (χ0v) is 15.9. The molecule has 27 heavy (non-hydrogen) atoms. The summed E-state index contributed by atoms with van der Waals surface area (Å²) in [5.74, 6) is -0.968. The predicted octanol–water partition coefficient (Wildman–Crippen LogP) is 3.81. The number of hydrogen-bond donors (Lipinski definition) is 2. The highest BCUT2D eigenvalue weighted by Gasteiger charge is 2.43. The average molecular weight is 372 g/mol. The zero-order chi connectivity index (χ0) is 19.4. The van der Waals surface area contributed by atoms with Crippen molar-refractivity contribution in [3.05, 3.63) is 24.3 Å². The second-order valence-corrected chi connectivity index (χ2v) is 7.97. The van der Waals surface area contributed by atoms with Crippen LogP contribution in [0.15, 0.2) is 24.3 Å². The summed E-state index contributed by atoms with van der Waals surface area (Å²) in [6.45, 7) is 2.51. The van der Waals surface area contributed by atoms with Gasteiger partial charge in [-0.25, -0.2) is 0 Å². The molecule has 146 valence electrons. The van der Waals surface area contributed by atoms with E-state index in [1.165, 1.54) is 0 Å². The number of carboxylic acid groups (broad SMARTS) is 1. The van der Waals surface area contributed by atoms with Crippen molar-refractivity contribution in [2.75, 3.05) is 16.8 Å². The number of anilines is 2. The molecule has 6 heteroatoms. The van der Waals surface area contributed by atoms with Crippen molar-refractivity contribution in [3.63, 3.8) is 0 Å². The summed E-state index contributed by atoms with van der Waals surface area (Å²) in [4.78, 5) is 38.0. The van der Waals surface area contributed by atoms with Crippen molar-refractivity contribution in [2.24, 2.45) is 11.3 Å². The smallest absolute Gasteiger partial charge is 0.304 e. The summed E-state index contributed by atoms with van der Waals surface area (Å²) in [6.07, 6.45) is 6.32. The summed E-state index contributed by atoms with van der Waals surface area (Å²) >= 11 is 0. The molecule has 0 aromatic heterocycles. The van der Waals surface area contributed by atoms with Gasteiger partial charge in [0.15, 0.2) is 0 Å². The number of benzene rings is 1. The van der Waals surface area contributed by atoms with Gasteiger partial charge in [-0.1, -0.05) is 19.3 Å². The van der Waals surface area contributed by atoms with E-state index in [9.17, 15) is 19.5 Å². The van der Waals surface area contributed by atoms with Crippen molar-refractivity contribution in [1.29, 1.82) is 0 Å². The Morgan fingerprint density at radius 1 is 1.15 bits per heavy atom. The van der Waals surface area contributed by atoms with Crippen LogP contribution in [0.5, 0.6) is 0 Å². The number of hydrogen-bond acceptors (Lipinski definition) is 3. The Morgan fingerprint density at radius 2 is 1.81 bits per heavy atom. The quantitative estimate of drug-likeness (QED) is 0.795. The Hall–Kier alpha value is -2.37. The standard InChI is InChI=1S/C21H28N2O4/c1-21(14-19(25)26,15-6-3-2-4-7-15)20(27)22-16-9-11-17(12-10-16)23-13-5-8-18(23)24/h9-12,15H,2-8,13-14H2,1H3,(H,22,27)(H,25,26)/t21-/m0/s1. The van der Waals surface area contributed by atoms with E-state index in [0.717, 1.165) is 50.8 Å². The molecule has 6 nitrogen and oxygen atoms in total. The molecule has 1 aromatic carbocycles. The molecule has 2 aliphatic rings. The van der Waals surface area contributed by atoms with Crippen LogP contribution in [-0.2, 0) is 14.4 Å². The molecule has 0 spiro atoms. The van der Waals surface area contributed by atoms with Crippen LogP contribution in [0.1, 0.15) is 58.3 Å². The summed E-state index contributed by atoms with van der Waals surface area (Å²) in [7, 11) is 0. The van der Waals surface area contributed by atoms with Gasteiger partial charge in [0.2, 0.25) is 11.8 Å². The van der Waals surface area contributed by atoms with Crippen molar-refractivity contribution < 1.29 is 19.5 Å². The minimum Gasteiger partial charge on any atom is -0.481 e. The first-order valence-electron chi connectivity index (χ1n) is 9.84. The van der Waals surface area contributed by atoms with Gasteiger partial charge >= 0.3 is 5.97 Å². The number of aliphatic carboxylic acids is 1. The number of carboxylic acids is 1. The van der Waals surface area contributed by atoms with Gasteiger partial charge in [0, 0.05) is 24.3 Å². The Bertz CT molecular complexity index is 709. The third kappa shape index (κ3) is 4.31. The normalized spacial score (nSPS) is 20.3. The van der Waals surface area contributed by atoms with Crippen molar-refractivity contribution >= 4 is 29.2 Å². The lowest BCUT2D eigenvalue weighted by Crippen LogP contribution is -2.42. The lowest BCUT2D eigenvalue weighted by Gasteiger charge is -2.37. The molecule has 1 aliphatic heterocycles. The fourth-order valence-electron chi connectivity index (χ4n) is 4.38. The summed E-state index contributed by atoms with van der Waals surface area (Å²) in [6, 6.07) is 7.21. The summed E-state index contributed by atoms with van der Waals surface area (Å²) in [5, 5.41) is 12.3. The fraction of sp³-hybridized carbons (Fsp3) is 0.571. The minimum atomic E-state index is -0.943. The third-order valence-corrected chi connectivity index (χ3v) is 6.05. The van der Waals surface area contributed by atoms with Crippen LogP contribution < -0.4 is 10.2 Å². The predicted molar refractivity (Wildman–Crippen MR) is 104 cm³/mol. The minimum absolute atomic E-state index is 0.0869. The molecule has 1 aromatic rings. The SMILES string of the molecule is C[C@@](CC(=O)O)(C(=O)Nc1ccc(N2CCCC2=O)cc1)C1CCCCC1. The third-order valence-electron chi connectivity index (χ3n) is 6.05. The van der Waals surface area contributed by atoms with E-state index in [1.807, 2.05) is 12.1 Å². The first-order chi connectivity index (χ1) is 12.9. The Kier molecular flexibility index (Phi) is 5.82. The number of rotatable bonds is 6. The van der Waals surface area contributed by atoms with E-state index in [-0.39, 0.29) is 24.2 Å². The molecule has 2 amide bonds. The Labute approximate surface area is 159 Å². The second kappa shape index (κ2) is 8.11. The van der Waals surface area contributed by atoms with E-state index < -0.39 is 11.4 Å². The molecular formula is C21H28N2O4. The van der Waals surface area contributed by atoms with Crippen molar-refractivity contribution in [2.45, 2.75) is 58.3 Å². The van der Waals surface area contributed by atoms with Crippen LogP contribution in [0.4, 0.5) is 11.4 Å². The molecular weight excluding hydrogens is 344 g/mol. The maximum Gasteiger partial charge on any atom is 0.304 e. The monoisotopic (exact) mass is 372 g/mol. The highest BCUT2D eigenvalue weighted by molar-refractivity contribution is 5.98. The van der Waals surface area contributed by atoms with Crippen molar-refractivity contribution in [1.82, 2.24) is 0 Å². The van der Waals surface area contributed by atoms with Gasteiger partial charge in [-0.3, -0.25) is 14.4 Å². The lowest BCUT2D eigenvalue weighted by atomic mass is 9.67. The molecule has 1 heterocycles. The first kappa shape index (κ1) is 19.4. The zero-order valence-electron chi connectivity index (χ0n) is 15.9. The van der Waals surface area contributed by atoms with Crippen LogP contribution >= 0.6 is 0 Å². The maximum absolute atomic E-state index is 13.0. The molecule has 1 saturated carbocycles. The number of carbonyl (C=O) groups is 3. The molecule has 2 fully saturated rings. The van der Waals surface area contributed by atoms with Gasteiger partial charge in [0.25, 0.3) is 0 Å². The lowest BCUT2D eigenvalue weighted by molar-refractivity contribution is -0.145. The second-order valence-electron chi connectivity index (χ2n) is 7.97. The molecule has 0 unspecified atom stereocenters. The Morgan fingerprint density at radius 3 is 2.37 bits per heavy atom. The molecule has 0 bridgehead atoms. The van der Waals surface area contributed by atoms with Gasteiger partial charge in [-0.15, -0.1) is 0 Å². The van der Waals surface area contributed by atoms with E-state index >= 15 is 0 Å². The number of nitrogens with one attached hydrogen (secondary N) is 1. The average Bonchev–Trinajstić information content (AvgIpc) is 3.08. The van der Waals surface area contributed by atoms with Gasteiger partial charge < -0.3 is 15.3 Å². The highest BCUT2D eigenvalue weighted by atomic mass is 16.4. The van der Waals surface area contributed by atoms with E-state index in [0.29, 0.717) is 12.1 Å². The van der Waals surface area contributed by atoms with Crippen LogP contribution in [0.3, 0.4) is 0 Å². The van der Waals surface area contributed by atoms with Crippen LogP contribution in [0.25, 0.3) is 0 Å². The van der Waals surface area contributed by atoms with Crippen LogP contribution in [0.2, 0.25) is 0 Å². The van der Waals surface area contributed by atoms with Crippen molar-refractivity contribution in [3.8, 4) is 0 Å². The molecule has 0 radical (unpaired) electrons. The van der Waals surface area contributed by atoms with Crippen LogP contribution in [-0.4, -0.2) is 29.4 Å². The van der Waals surface area contributed by atoms with Gasteiger partial charge in [0.1, 0.15) is 0 Å². The van der Waals surface area contributed by atoms with Crippen LogP contribution in [0, 0.1) is 11.3 Å². The maximum atomic E-state index is 13.0. The molecule has 1 atom stereocenters. The van der Waals surface area contributed by atoms with E-state index in [1.54, 1.807) is 24.0 Å². The number of amides is 2. The van der Waals surface area contributed by atoms with E-state index in [4.69, 9.17) is 0 Å². The molecule has 3 rings (SSSR count). The number of carbonyl (C=O) groups excluding carboxylic acids is 2. The van der Waals surface area contributed by atoms with Gasteiger partial charge in [-0.2, -0.15) is 0 Å². The van der Waals surface area contributed by atoms with Gasteiger partial charge in [-0.05, 0) is 56.4 Å². The molecule has 1 aliphatic carbocycles. The van der Waals surface area contributed by atoms with E-state index in [2.05, 4.69) is 5.32 Å². The number of nitrogens with zero attached hydrogens (tertiary/aromatic N) is 1. The summed E-state index contributed by atoms with van der Waals surface area (Å²) < 4.78 is 0. The first-order valence-corrected chi connectivity index (χ1v) is 9.84. The Balaban J connectivity index is 1.72. The van der Waals surface area contributed by atoms with Gasteiger partial charge in [0.05, 0.1) is 11.8 Å². The fourth-order valence-corrected chi connectivity index (χ4v) is 4.38. The highest BCUT2D eigenvalue weighted by Crippen LogP contribution is 2.42. The summed E-state index contributed by atoms with van der Waals surface area (Å²) in [5.41, 5.74) is 0.537. The topological polar surface area (TPSA) is 86.7 Å². The molecule has 1 saturated heterocycles.